The van der Waals surface area contributed by atoms with Crippen LogP contribution in [-0.4, -0.2) is 43.1 Å². The molecule has 1 saturated heterocycles. The minimum atomic E-state index is -0.461. The summed E-state index contributed by atoms with van der Waals surface area (Å²) < 4.78 is 5.06. The highest BCUT2D eigenvalue weighted by atomic mass is 16.5. The van der Waals surface area contributed by atoms with Gasteiger partial charge in [0.1, 0.15) is 11.8 Å². The molecule has 1 fully saturated rings. The Kier molecular flexibility index (Phi) is 3.89. The van der Waals surface area contributed by atoms with Crippen LogP contribution in [0.25, 0.3) is 0 Å². The predicted molar refractivity (Wildman–Crippen MR) is 71.2 cm³/mol. The highest BCUT2D eigenvalue weighted by Gasteiger charge is 2.29. The molecule has 2 rings (SSSR count). The van der Waals surface area contributed by atoms with E-state index in [0.29, 0.717) is 13.1 Å². The van der Waals surface area contributed by atoms with Crippen LogP contribution in [0.4, 0.5) is 10.5 Å². The third-order valence-corrected chi connectivity index (χ3v) is 2.97. The summed E-state index contributed by atoms with van der Waals surface area (Å²) in [4.78, 5) is 24.7. The number of amides is 3. The number of hydrogen-bond donors (Lipinski definition) is 2. The normalized spacial score (nSPS) is 15.9. The molecule has 19 heavy (non-hydrogen) atoms. The van der Waals surface area contributed by atoms with Crippen molar-refractivity contribution in [1.29, 1.82) is 0 Å². The van der Waals surface area contributed by atoms with Gasteiger partial charge in [0.05, 0.1) is 7.11 Å². The third kappa shape index (κ3) is 2.96. The average molecular weight is 263 g/mol. The van der Waals surface area contributed by atoms with Gasteiger partial charge in [0.15, 0.2) is 0 Å². The molecule has 0 unspecified atom stereocenters. The summed E-state index contributed by atoms with van der Waals surface area (Å²) in [6.07, 6.45) is 0. The van der Waals surface area contributed by atoms with Gasteiger partial charge >= 0.3 is 6.03 Å². The lowest BCUT2D eigenvalue weighted by atomic mass is 10.2. The summed E-state index contributed by atoms with van der Waals surface area (Å²) in [6, 6.07) is 6.48. The molecule has 0 saturated carbocycles. The number of nitrogens with zero attached hydrogens (tertiary/aromatic N) is 1. The fraction of sp³-hybridized carbons (Fsp3) is 0.385. The van der Waals surface area contributed by atoms with E-state index in [1.807, 2.05) is 24.3 Å². The van der Waals surface area contributed by atoms with E-state index >= 15 is 0 Å². The number of nitrogens with one attached hydrogen (secondary N) is 2. The summed E-state index contributed by atoms with van der Waals surface area (Å²) in [5.74, 6) is 0.522. The molecule has 0 aliphatic carbocycles. The van der Waals surface area contributed by atoms with E-state index in [1.54, 1.807) is 14.0 Å². The molecular weight excluding hydrogens is 246 g/mol. The van der Waals surface area contributed by atoms with Crippen molar-refractivity contribution in [2.24, 2.45) is 0 Å². The number of benzene rings is 1. The minimum absolute atomic E-state index is 0.231. The van der Waals surface area contributed by atoms with Gasteiger partial charge in [-0.25, -0.2) is 4.79 Å². The van der Waals surface area contributed by atoms with E-state index in [4.69, 9.17) is 4.74 Å². The summed E-state index contributed by atoms with van der Waals surface area (Å²) in [5.41, 5.74) is 0.807. The molecule has 2 N–H and O–H groups in total. The molecule has 1 aliphatic rings. The Morgan fingerprint density at radius 3 is 2.63 bits per heavy atom. The van der Waals surface area contributed by atoms with Crippen molar-refractivity contribution >= 4 is 17.6 Å². The highest BCUT2D eigenvalue weighted by Crippen LogP contribution is 2.16. The second kappa shape index (κ2) is 5.60. The van der Waals surface area contributed by atoms with Crippen molar-refractivity contribution in [2.45, 2.75) is 13.0 Å². The summed E-state index contributed by atoms with van der Waals surface area (Å²) in [6.45, 7) is 2.67. The maximum absolute atomic E-state index is 12.1. The molecule has 0 aromatic heterocycles. The third-order valence-electron chi connectivity index (χ3n) is 2.97. The molecule has 0 bridgehead atoms. The van der Waals surface area contributed by atoms with Gasteiger partial charge in [0.25, 0.3) is 5.91 Å². The zero-order chi connectivity index (χ0) is 13.8. The van der Waals surface area contributed by atoms with Gasteiger partial charge in [-0.05, 0) is 31.2 Å². The van der Waals surface area contributed by atoms with Crippen molar-refractivity contribution < 1.29 is 14.3 Å². The largest absolute Gasteiger partial charge is 0.497 e. The molecule has 102 valence electrons. The molecular formula is C13H17N3O3. The number of hydrogen-bond acceptors (Lipinski definition) is 4. The first-order chi connectivity index (χ1) is 9.11. The highest BCUT2D eigenvalue weighted by molar-refractivity contribution is 5.99. The van der Waals surface area contributed by atoms with E-state index in [2.05, 4.69) is 10.6 Å². The quantitative estimate of drug-likeness (QED) is 0.851. The van der Waals surface area contributed by atoms with Crippen LogP contribution in [0.1, 0.15) is 6.92 Å². The second-order valence-corrected chi connectivity index (χ2v) is 4.32. The predicted octanol–water partition coefficient (Wildman–Crippen LogP) is 1.05. The molecule has 6 nitrogen and oxygen atoms in total. The van der Waals surface area contributed by atoms with Crippen LogP contribution in [0, 0.1) is 0 Å². The van der Waals surface area contributed by atoms with Crippen LogP contribution in [-0.2, 0) is 4.79 Å². The Morgan fingerprint density at radius 2 is 2.11 bits per heavy atom. The van der Waals surface area contributed by atoms with Gasteiger partial charge in [-0.3, -0.25) is 9.69 Å². The lowest BCUT2D eigenvalue weighted by Gasteiger charge is -2.19. The molecule has 1 aromatic carbocycles. The smallest absolute Gasteiger partial charge is 0.324 e. The summed E-state index contributed by atoms with van der Waals surface area (Å²) >= 11 is 0. The van der Waals surface area contributed by atoms with Crippen molar-refractivity contribution in [1.82, 2.24) is 10.2 Å². The second-order valence-electron chi connectivity index (χ2n) is 4.32. The topological polar surface area (TPSA) is 70.7 Å². The number of urea groups is 1. The SMILES string of the molecule is COc1ccc(N[C@H](C)C(=O)N2CCNC2=O)cc1. The number of anilines is 1. The van der Waals surface area contributed by atoms with Gasteiger partial charge in [-0.15, -0.1) is 0 Å². The first-order valence-electron chi connectivity index (χ1n) is 6.11. The van der Waals surface area contributed by atoms with Crippen LogP contribution >= 0.6 is 0 Å². The maximum Gasteiger partial charge on any atom is 0.324 e. The van der Waals surface area contributed by atoms with Gasteiger partial charge in [0.2, 0.25) is 0 Å². The van der Waals surface area contributed by atoms with E-state index in [1.165, 1.54) is 4.90 Å². The number of methoxy groups -OCH3 is 1. The Bertz CT molecular complexity index is 473. The number of ether oxygens (including phenoxy) is 1. The zero-order valence-electron chi connectivity index (χ0n) is 11.0. The Morgan fingerprint density at radius 1 is 1.42 bits per heavy atom. The fourth-order valence-corrected chi connectivity index (χ4v) is 1.91. The van der Waals surface area contributed by atoms with Crippen molar-refractivity contribution in [2.75, 3.05) is 25.5 Å². The number of imide groups is 1. The molecule has 1 aromatic rings. The van der Waals surface area contributed by atoms with Gasteiger partial charge < -0.3 is 15.4 Å². The van der Waals surface area contributed by atoms with Crippen LogP contribution in [0.5, 0.6) is 5.75 Å². The van der Waals surface area contributed by atoms with Gasteiger partial charge in [-0.1, -0.05) is 0 Å². The Labute approximate surface area is 111 Å². The van der Waals surface area contributed by atoms with E-state index in [-0.39, 0.29) is 11.9 Å². The zero-order valence-corrected chi connectivity index (χ0v) is 11.0. The average Bonchev–Trinajstić information content (AvgIpc) is 2.85. The molecule has 1 aliphatic heterocycles. The molecule has 1 heterocycles. The molecule has 6 heteroatoms. The number of carbonyl (C=O) groups excluding carboxylic acids is 2. The number of rotatable bonds is 4. The monoisotopic (exact) mass is 263 g/mol. The lowest BCUT2D eigenvalue weighted by Crippen LogP contribution is -2.43. The Balaban J connectivity index is 1.97. The number of carbonyl (C=O) groups is 2. The minimum Gasteiger partial charge on any atom is -0.497 e. The standard InChI is InChI=1S/C13H17N3O3/c1-9(12(17)16-8-7-14-13(16)18)15-10-3-5-11(19-2)6-4-10/h3-6,9,15H,7-8H2,1-2H3,(H,14,18)/t9-/m1/s1. The van der Waals surface area contributed by atoms with E-state index in [0.717, 1.165) is 11.4 Å². The maximum atomic E-state index is 12.1. The Hall–Kier alpha value is -2.24. The first kappa shape index (κ1) is 13.2. The van der Waals surface area contributed by atoms with Crippen molar-refractivity contribution in [3.8, 4) is 5.75 Å². The fourth-order valence-electron chi connectivity index (χ4n) is 1.91. The van der Waals surface area contributed by atoms with Crippen molar-refractivity contribution in [3.05, 3.63) is 24.3 Å². The van der Waals surface area contributed by atoms with Crippen molar-refractivity contribution in [3.63, 3.8) is 0 Å². The molecule has 0 radical (unpaired) electrons. The first-order valence-corrected chi connectivity index (χ1v) is 6.11. The van der Waals surface area contributed by atoms with Crippen LogP contribution in [0.2, 0.25) is 0 Å². The van der Waals surface area contributed by atoms with Crippen LogP contribution in [0.3, 0.4) is 0 Å². The van der Waals surface area contributed by atoms with Gasteiger partial charge in [-0.2, -0.15) is 0 Å². The summed E-state index contributed by atoms with van der Waals surface area (Å²) in [7, 11) is 1.60. The molecule has 3 amide bonds. The van der Waals surface area contributed by atoms with Gasteiger partial charge in [0, 0.05) is 18.8 Å². The molecule has 0 spiro atoms. The van der Waals surface area contributed by atoms with E-state index < -0.39 is 6.04 Å². The van der Waals surface area contributed by atoms with E-state index in [9.17, 15) is 9.59 Å². The van der Waals surface area contributed by atoms with Crippen LogP contribution in [0.15, 0.2) is 24.3 Å². The molecule has 1 atom stereocenters. The van der Waals surface area contributed by atoms with Crippen LogP contribution < -0.4 is 15.4 Å². The summed E-state index contributed by atoms with van der Waals surface area (Å²) in [5, 5.41) is 5.67. The lowest BCUT2D eigenvalue weighted by molar-refractivity contribution is -0.128.